The highest BCUT2D eigenvalue weighted by Crippen LogP contribution is 2.19. The number of carboxylic acid groups (broad SMARTS) is 1. The molecular weight excluding hydrogens is 382 g/mol. The van der Waals surface area contributed by atoms with E-state index >= 15 is 0 Å². The number of hydrogen-bond acceptors (Lipinski definition) is 4. The van der Waals surface area contributed by atoms with Crippen LogP contribution in [0.2, 0.25) is 0 Å². The lowest BCUT2D eigenvalue weighted by atomic mass is 10.0. The van der Waals surface area contributed by atoms with Crippen molar-refractivity contribution in [3.05, 3.63) is 65.0 Å². The zero-order chi connectivity index (χ0) is 21.6. The van der Waals surface area contributed by atoms with Crippen LogP contribution in [0.3, 0.4) is 0 Å². The smallest absolute Gasteiger partial charge is 0.335 e. The van der Waals surface area contributed by atoms with Crippen molar-refractivity contribution >= 4 is 11.9 Å². The molecule has 8 heteroatoms. The zero-order valence-electron chi connectivity index (χ0n) is 16.4. The molecule has 0 aliphatic heterocycles. The van der Waals surface area contributed by atoms with Gasteiger partial charge in [0.15, 0.2) is 0 Å². The molecule has 156 valence electrons. The first kappa shape index (κ1) is 22.4. The van der Waals surface area contributed by atoms with Crippen molar-refractivity contribution < 1.29 is 28.2 Å². The number of ether oxygens (including phenoxy) is 1. The second-order valence-corrected chi connectivity index (χ2v) is 7.02. The van der Waals surface area contributed by atoms with Gasteiger partial charge in [0.2, 0.25) is 5.91 Å². The molecular formula is C21H24F2N2O4. The van der Waals surface area contributed by atoms with Gasteiger partial charge in [0.05, 0.1) is 23.9 Å². The van der Waals surface area contributed by atoms with Crippen molar-refractivity contribution in [3.8, 4) is 0 Å². The van der Waals surface area contributed by atoms with Crippen molar-refractivity contribution in [1.29, 1.82) is 0 Å². The molecule has 0 unspecified atom stereocenters. The topological polar surface area (TPSA) is 88.5 Å². The molecule has 29 heavy (non-hydrogen) atoms. The Bertz CT molecular complexity index is 824. The van der Waals surface area contributed by atoms with Gasteiger partial charge in [0.1, 0.15) is 6.10 Å². The van der Waals surface area contributed by atoms with E-state index in [9.17, 15) is 18.4 Å². The van der Waals surface area contributed by atoms with Gasteiger partial charge in [-0.3, -0.25) is 9.78 Å². The standard InChI is InChI=1S/C21H24F2N2O4/c1-12(2)18(29-11-17-9-8-16(10-24-17)19(22)23)20(26)25-13(3)14-4-6-15(7-5-14)21(27)28/h4-10,12-13,18-19H,11H2,1-3H3,(H,25,26)(H,27,28)/t13-,18+/m0/s1. The van der Waals surface area contributed by atoms with Gasteiger partial charge in [-0.05, 0) is 42.7 Å². The Kier molecular flexibility index (Phi) is 7.78. The number of nitrogens with zero attached hydrogens (tertiary/aromatic N) is 1. The number of carbonyl (C=O) groups excluding carboxylic acids is 1. The van der Waals surface area contributed by atoms with Gasteiger partial charge in [0, 0.05) is 11.8 Å². The SMILES string of the molecule is CC(C)[C@@H](OCc1ccc(C(F)F)cn1)C(=O)N[C@@H](C)c1ccc(C(=O)O)cc1. The minimum atomic E-state index is -2.59. The number of aromatic nitrogens is 1. The summed E-state index contributed by atoms with van der Waals surface area (Å²) in [6.07, 6.45) is -2.25. The van der Waals surface area contributed by atoms with Crippen LogP contribution in [0, 0.1) is 5.92 Å². The molecule has 2 aromatic rings. The fourth-order valence-electron chi connectivity index (χ4n) is 2.69. The quantitative estimate of drug-likeness (QED) is 0.654. The van der Waals surface area contributed by atoms with E-state index in [1.165, 1.54) is 24.3 Å². The number of carbonyl (C=O) groups is 2. The largest absolute Gasteiger partial charge is 0.478 e. The highest BCUT2D eigenvalue weighted by molar-refractivity contribution is 5.87. The molecule has 6 nitrogen and oxygen atoms in total. The van der Waals surface area contributed by atoms with Crippen LogP contribution in [0.25, 0.3) is 0 Å². The van der Waals surface area contributed by atoms with E-state index in [4.69, 9.17) is 9.84 Å². The predicted molar refractivity (Wildman–Crippen MR) is 103 cm³/mol. The zero-order valence-corrected chi connectivity index (χ0v) is 16.4. The minimum absolute atomic E-state index is 0.0154. The van der Waals surface area contributed by atoms with Crippen molar-refractivity contribution in [2.24, 2.45) is 5.92 Å². The van der Waals surface area contributed by atoms with Gasteiger partial charge in [-0.2, -0.15) is 0 Å². The number of alkyl halides is 2. The minimum Gasteiger partial charge on any atom is -0.478 e. The Balaban J connectivity index is 1.98. The molecule has 0 saturated carbocycles. The second kappa shape index (κ2) is 10.1. The summed E-state index contributed by atoms with van der Waals surface area (Å²) in [6, 6.07) is 8.63. The van der Waals surface area contributed by atoms with Gasteiger partial charge in [-0.15, -0.1) is 0 Å². The van der Waals surface area contributed by atoms with Gasteiger partial charge in [0.25, 0.3) is 6.43 Å². The third-order valence-electron chi connectivity index (χ3n) is 4.39. The molecule has 1 amide bonds. The summed E-state index contributed by atoms with van der Waals surface area (Å²) in [5.41, 5.74) is 1.20. The number of nitrogens with one attached hydrogen (secondary N) is 1. The fourth-order valence-corrected chi connectivity index (χ4v) is 2.69. The fraction of sp³-hybridized carbons (Fsp3) is 0.381. The first-order valence-corrected chi connectivity index (χ1v) is 9.17. The van der Waals surface area contributed by atoms with E-state index in [-0.39, 0.29) is 35.6 Å². The molecule has 1 aromatic carbocycles. The molecule has 0 spiro atoms. The van der Waals surface area contributed by atoms with Gasteiger partial charge in [-0.1, -0.05) is 26.0 Å². The monoisotopic (exact) mass is 406 g/mol. The summed E-state index contributed by atoms with van der Waals surface area (Å²) in [6.45, 7) is 5.48. The molecule has 2 N–H and O–H groups in total. The molecule has 2 rings (SSSR count). The summed E-state index contributed by atoms with van der Waals surface area (Å²) in [5.74, 6) is -1.47. The summed E-state index contributed by atoms with van der Waals surface area (Å²) < 4.78 is 30.9. The number of halogens is 2. The summed E-state index contributed by atoms with van der Waals surface area (Å²) in [7, 11) is 0. The van der Waals surface area contributed by atoms with Crippen LogP contribution < -0.4 is 5.32 Å². The maximum atomic E-state index is 12.7. The number of amides is 1. The summed E-state index contributed by atoms with van der Waals surface area (Å²) >= 11 is 0. The normalized spacial score (nSPS) is 13.3. The first-order valence-electron chi connectivity index (χ1n) is 9.17. The number of pyridine rings is 1. The van der Waals surface area contributed by atoms with Crippen molar-refractivity contribution in [1.82, 2.24) is 10.3 Å². The van der Waals surface area contributed by atoms with E-state index in [0.717, 1.165) is 11.8 Å². The molecule has 0 aliphatic rings. The van der Waals surface area contributed by atoms with Crippen LogP contribution in [0.1, 0.15) is 60.4 Å². The Morgan fingerprint density at radius 2 is 1.69 bits per heavy atom. The molecule has 0 bridgehead atoms. The van der Waals surface area contributed by atoms with E-state index in [1.807, 2.05) is 13.8 Å². The number of rotatable bonds is 9. The van der Waals surface area contributed by atoms with E-state index in [0.29, 0.717) is 5.69 Å². The van der Waals surface area contributed by atoms with Gasteiger partial charge < -0.3 is 15.2 Å². The average molecular weight is 406 g/mol. The highest BCUT2D eigenvalue weighted by Gasteiger charge is 2.25. The number of hydrogen-bond donors (Lipinski definition) is 2. The van der Waals surface area contributed by atoms with Crippen LogP contribution in [0.5, 0.6) is 0 Å². The van der Waals surface area contributed by atoms with Crippen LogP contribution >= 0.6 is 0 Å². The molecule has 2 atom stereocenters. The number of benzene rings is 1. The predicted octanol–water partition coefficient (Wildman–Crippen LogP) is 4.14. The van der Waals surface area contributed by atoms with Crippen molar-refractivity contribution in [2.75, 3.05) is 0 Å². The van der Waals surface area contributed by atoms with Crippen LogP contribution in [-0.4, -0.2) is 28.1 Å². The molecule has 0 radical (unpaired) electrons. The average Bonchev–Trinajstić information content (AvgIpc) is 2.68. The van der Waals surface area contributed by atoms with Crippen molar-refractivity contribution in [2.45, 2.75) is 45.9 Å². The molecule has 1 aromatic heterocycles. The first-order chi connectivity index (χ1) is 13.7. The Hall–Kier alpha value is -2.87. The lowest BCUT2D eigenvalue weighted by molar-refractivity contribution is -0.137. The molecule has 1 heterocycles. The van der Waals surface area contributed by atoms with Crippen LogP contribution in [0.15, 0.2) is 42.6 Å². The number of carboxylic acids is 1. The van der Waals surface area contributed by atoms with E-state index in [2.05, 4.69) is 10.3 Å². The molecule has 0 saturated heterocycles. The third-order valence-corrected chi connectivity index (χ3v) is 4.39. The lowest BCUT2D eigenvalue weighted by Crippen LogP contribution is -2.40. The maximum absolute atomic E-state index is 12.7. The van der Waals surface area contributed by atoms with Gasteiger partial charge >= 0.3 is 5.97 Å². The number of aromatic carboxylic acids is 1. The van der Waals surface area contributed by atoms with Crippen LogP contribution in [-0.2, 0) is 16.1 Å². The molecule has 0 fully saturated rings. The highest BCUT2D eigenvalue weighted by atomic mass is 19.3. The maximum Gasteiger partial charge on any atom is 0.335 e. The summed E-state index contributed by atoms with van der Waals surface area (Å²) in [4.78, 5) is 27.5. The van der Waals surface area contributed by atoms with E-state index in [1.54, 1.807) is 19.1 Å². The third kappa shape index (κ3) is 6.32. The summed E-state index contributed by atoms with van der Waals surface area (Å²) in [5, 5.41) is 11.8. The molecule has 0 aliphatic carbocycles. The second-order valence-electron chi connectivity index (χ2n) is 7.02. The Morgan fingerprint density at radius 1 is 1.07 bits per heavy atom. The van der Waals surface area contributed by atoms with E-state index < -0.39 is 18.5 Å². The van der Waals surface area contributed by atoms with Crippen molar-refractivity contribution in [3.63, 3.8) is 0 Å². The Morgan fingerprint density at radius 3 is 2.17 bits per heavy atom. The van der Waals surface area contributed by atoms with Crippen LogP contribution in [0.4, 0.5) is 8.78 Å². The lowest BCUT2D eigenvalue weighted by Gasteiger charge is -2.23. The Labute approximate surface area is 167 Å². The van der Waals surface area contributed by atoms with Gasteiger partial charge in [-0.25, -0.2) is 13.6 Å².